The van der Waals surface area contributed by atoms with Crippen molar-refractivity contribution >= 4 is 12.1 Å². The predicted molar refractivity (Wildman–Crippen MR) is 58.1 cm³/mol. The summed E-state index contributed by atoms with van der Waals surface area (Å²) in [6.45, 7) is -0.253. The van der Waals surface area contributed by atoms with Crippen molar-refractivity contribution in [2.75, 3.05) is 12.3 Å². The Morgan fingerprint density at radius 3 is 3.00 bits per heavy atom. The number of hydrogen-bond acceptors (Lipinski definition) is 6. The molecule has 1 aliphatic heterocycles. The molecule has 3 atom stereocenters. The summed E-state index contributed by atoms with van der Waals surface area (Å²) in [4.78, 5) is 25.9. The number of anilines is 1. The highest BCUT2D eigenvalue weighted by atomic mass is 16.5. The predicted octanol–water partition coefficient (Wildman–Crippen LogP) is -1.08. The largest absolute Gasteiger partial charge is 0.394 e. The van der Waals surface area contributed by atoms with Crippen LogP contribution in [0.5, 0.6) is 0 Å². The summed E-state index contributed by atoms with van der Waals surface area (Å²) in [6, 6.07) is 1.48. The molecule has 1 saturated heterocycles. The summed E-state index contributed by atoms with van der Waals surface area (Å²) in [7, 11) is 0. The van der Waals surface area contributed by atoms with Crippen molar-refractivity contribution in [2.24, 2.45) is 5.92 Å². The summed E-state index contributed by atoms with van der Waals surface area (Å²) in [5.74, 6) is -0.274. The Hall–Kier alpha value is -1.73. The van der Waals surface area contributed by atoms with Gasteiger partial charge in [0, 0.05) is 18.5 Å². The van der Waals surface area contributed by atoms with E-state index < -0.39 is 23.9 Å². The third-order valence-corrected chi connectivity index (χ3v) is 2.80. The molecule has 0 saturated carbocycles. The molecule has 0 amide bonds. The number of aromatic nitrogens is 2. The number of aliphatic hydroxyl groups excluding tert-OH is 1. The molecule has 0 aliphatic carbocycles. The second-order valence-electron chi connectivity index (χ2n) is 3.89. The van der Waals surface area contributed by atoms with Crippen molar-refractivity contribution in [1.29, 1.82) is 0 Å². The van der Waals surface area contributed by atoms with Gasteiger partial charge in [0.05, 0.1) is 12.7 Å². The van der Waals surface area contributed by atoms with E-state index in [-0.39, 0.29) is 12.4 Å². The first-order valence-corrected chi connectivity index (χ1v) is 5.22. The maximum absolute atomic E-state index is 11.6. The van der Waals surface area contributed by atoms with Crippen LogP contribution < -0.4 is 11.4 Å². The van der Waals surface area contributed by atoms with Crippen molar-refractivity contribution in [3.8, 4) is 0 Å². The van der Waals surface area contributed by atoms with E-state index in [9.17, 15) is 9.59 Å². The van der Waals surface area contributed by atoms with Crippen LogP contribution in [0.4, 0.5) is 5.82 Å². The number of nitrogens with two attached hydrogens (primary N) is 1. The standard InChI is InChI=1S/C10H13N3O4/c11-8-1-2-13(10(16)12-8)9-3-6(4-14)7(5-15)17-9/h1-2,4,6-7,9,15H,3,5H2,(H2,11,12,16)/t6?,7?,9-/m1/s1. The van der Waals surface area contributed by atoms with Crippen LogP contribution in [-0.2, 0) is 9.53 Å². The second-order valence-corrected chi connectivity index (χ2v) is 3.89. The molecule has 0 radical (unpaired) electrons. The molecule has 3 N–H and O–H groups in total. The third-order valence-electron chi connectivity index (χ3n) is 2.80. The van der Waals surface area contributed by atoms with Gasteiger partial charge in [-0.1, -0.05) is 0 Å². The molecule has 7 heteroatoms. The molecule has 0 spiro atoms. The van der Waals surface area contributed by atoms with Crippen molar-refractivity contribution in [3.05, 3.63) is 22.7 Å². The van der Waals surface area contributed by atoms with E-state index in [1.807, 2.05) is 0 Å². The SMILES string of the molecule is Nc1ccn([C@H]2CC(C=O)C(CO)O2)c(=O)n1. The highest BCUT2D eigenvalue weighted by molar-refractivity contribution is 5.55. The lowest BCUT2D eigenvalue weighted by atomic mass is 10.0. The van der Waals surface area contributed by atoms with Crippen LogP contribution in [0.15, 0.2) is 17.1 Å². The molecule has 92 valence electrons. The summed E-state index contributed by atoms with van der Waals surface area (Å²) in [5, 5.41) is 9.04. The molecule has 1 fully saturated rings. The number of carbonyl (C=O) groups excluding carboxylic acids is 1. The lowest BCUT2D eigenvalue weighted by Gasteiger charge is -2.14. The number of aldehydes is 1. The van der Waals surface area contributed by atoms with E-state index in [1.54, 1.807) is 0 Å². The Labute approximate surface area is 96.8 Å². The smallest absolute Gasteiger partial charge is 0.351 e. The molecule has 0 bridgehead atoms. The highest BCUT2D eigenvalue weighted by Crippen LogP contribution is 2.31. The first-order chi connectivity index (χ1) is 8.15. The number of rotatable bonds is 3. The molecule has 1 aromatic heterocycles. The molecule has 17 heavy (non-hydrogen) atoms. The molecule has 2 unspecified atom stereocenters. The summed E-state index contributed by atoms with van der Waals surface area (Å²) >= 11 is 0. The Morgan fingerprint density at radius 1 is 1.71 bits per heavy atom. The van der Waals surface area contributed by atoms with Crippen molar-refractivity contribution in [2.45, 2.75) is 18.8 Å². The van der Waals surface area contributed by atoms with Gasteiger partial charge in [-0.2, -0.15) is 4.98 Å². The van der Waals surface area contributed by atoms with Crippen LogP contribution in [0.1, 0.15) is 12.6 Å². The second kappa shape index (κ2) is 4.64. The molecular formula is C10H13N3O4. The minimum Gasteiger partial charge on any atom is -0.394 e. The monoisotopic (exact) mass is 239 g/mol. The zero-order valence-corrected chi connectivity index (χ0v) is 9.02. The lowest BCUT2D eigenvalue weighted by molar-refractivity contribution is -0.113. The Kier molecular flexibility index (Phi) is 3.21. The number of ether oxygens (including phenoxy) is 1. The van der Waals surface area contributed by atoms with Crippen LogP contribution in [0, 0.1) is 5.92 Å². The molecule has 2 heterocycles. The fourth-order valence-corrected chi connectivity index (χ4v) is 1.89. The van der Waals surface area contributed by atoms with Crippen LogP contribution in [0.3, 0.4) is 0 Å². The van der Waals surface area contributed by atoms with Gasteiger partial charge in [-0.05, 0) is 6.07 Å². The first kappa shape index (κ1) is 11.7. The fourth-order valence-electron chi connectivity index (χ4n) is 1.89. The van der Waals surface area contributed by atoms with Crippen molar-refractivity contribution in [3.63, 3.8) is 0 Å². The average molecular weight is 239 g/mol. The number of hydrogen-bond donors (Lipinski definition) is 2. The van der Waals surface area contributed by atoms with Crippen molar-refractivity contribution < 1.29 is 14.6 Å². The van der Waals surface area contributed by atoms with E-state index in [0.717, 1.165) is 6.29 Å². The number of nitrogens with zero attached hydrogens (tertiary/aromatic N) is 2. The van der Waals surface area contributed by atoms with Crippen LogP contribution in [0.2, 0.25) is 0 Å². The van der Waals surface area contributed by atoms with Gasteiger partial charge in [0.1, 0.15) is 18.3 Å². The topological polar surface area (TPSA) is 107 Å². The molecule has 7 nitrogen and oxygen atoms in total. The van der Waals surface area contributed by atoms with E-state index in [2.05, 4.69) is 4.98 Å². The zero-order valence-electron chi connectivity index (χ0n) is 9.02. The zero-order chi connectivity index (χ0) is 12.4. The van der Waals surface area contributed by atoms with Gasteiger partial charge in [-0.25, -0.2) is 4.79 Å². The van der Waals surface area contributed by atoms with Gasteiger partial charge in [0.2, 0.25) is 0 Å². The van der Waals surface area contributed by atoms with E-state index >= 15 is 0 Å². The molecule has 1 aromatic rings. The summed E-state index contributed by atoms with van der Waals surface area (Å²) < 4.78 is 6.69. The minimum absolute atomic E-state index is 0.134. The summed E-state index contributed by atoms with van der Waals surface area (Å²) in [6.07, 6.45) is 1.40. The first-order valence-electron chi connectivity index (χ1n) is 5.22. The lowest BCUT2D eigenvalue weighted by Crippen LogP contribution is -2.27. The molecular weight excluding hydrogens is 226 g/mol. The average Bonchev–Trinajstić information content (AvgIpc) is 2.72. The van der Waals surface area contributed by atoms with Gasteiger partial charge in [-0.3, -0.25) is 4.57 Å². The quantitative estimate of drug-likeness (QED) is 0.650. The van der Waals surface area contributed by atoms with Gasteiger partial charge in [0.15, 0.2) is 0 Å². The molecule has 2 rings (SSSR count). The maximum atomic E-state index is 11.6. The number of aliphatic hydroxyl groups is 1. The van der Waals surface area contributed by atoms with E-state index in [4.69, 9.17) is 15.6 Å². The van der Waals surface area contributed by atoms with E-state index in [0.29, 0.717) is 6.42 Å². The highest BCUT2D eigenvalue weighted by Gasteiger charge is 2.35. The van der Waals surface area contributed by atoms with Crippen molar-refractivity contribution in [1.82, 2.24) is 9.55 Å². The summed E-state index contributed by atoms with van der Waals surface area (Å²) in [5.41, 5.74) is 4.84. The van der Waals surface area contributed by atoms with Gasteiger partial charge in [0.25, 0.3) is 0 Å². The number of nitrogen functional groups attached to an aromatic ring is 1. The van der Waals surface area contributed by atoms with Crippen LogP contribution >= 0.6 is 0 Å². The molecule has 0 aromatic carbocycles. The Morgan fingerprint density at radius 2 is 2.47 bits per heavy atom. The minimum atomic E-state index is -0.581. The van der Waals surface area contributed by atoms with E-state index in [1.165, 1.54) is 16.8 Å². The van der Waals surface area contributed by atoms with Gasteiger partial charge >= 0.3 is 5.69 Å². The Balaban J connectivity index is 2.25. The Bertz CT molecular complexity index is 473. The van der Waals surface area contributed by atoms with Crippen LogP contribution in [-0.4, -0.2) is 33.7 Å². The molecule has 1 aliphatic rings. The number of carbonyl (C=O) groups is 1. The van der Waals surface area contributed by atoms with Crippen LogP contribution in [0.25, 0.3) is 0 Å². The van der Waals surface area contributed by atoms with Gasteiger partial charge in [-0.15, -0.1) is 0 Å². The maximum Gasteiger partial charge on any atom is 0.351 e. The normalized spacial score (nSPS) is 28.2. The fraction of sp³-hybridized carbons (Fsp3) is 0.500. The van der Waals surface area contributed by atoms with Gasteiger partial charge < -0.3 is 20.4 Å². The third kappa shape index (κ3) is 2.20.